The van der Waals surface area contributed by atoms with Gasteiger partial charge in [0.05, 0.1) is 11.1 Å². The Morgan fingerprint density at radius 3 is 2.87 bits per heavy atom. The Kier molecular flexibility index (Phi) is 4.70. The van der Waals surface area contributed by atoms with Crippen molar-refractivity contribution in [3.63, 3.8) is 0 Å². The van der Waals surface area contributed by atoms with E-state index in [4.69, 9.17) is 4.74 Å². The molecule has 0 aromatic carbocycles. The first kappa shape index (κ1) is 12.6. The molecule has 1 aromatic heterocycles. The minimum absolute atomic E-state index is 0.103. The van der Waals surface area contributed by atoms with Crippen molar-refractivity contribution >= 4 is 11.3 Å². The van der Waals surface area contributed by atoms with Crippen LogP contribution in [0.1, 0.15) is 38.6 Å². The van der Waals surface area contributed by atoms with Crippen molar-refractivity contribution in [2.24, 2.45) is 0 Å². The molecule has 0 radical (unpaired) electrons. The van der Waals surface area contributed by atoms with Crippen molar-refractivity contribution in [2.75, 3.05) is 13.2 Å². The molecule has 1 heterocycles. The van der Waals surface area contributed by atoms with Gasteiger partial charge in [-0.2, -0.15) is 0 Å². The molecule has 4 heteroatoms. The number of nitrogens with zero attached hydrogens (tertiary/aromatic N) is 1. The van der Waals surface area contributed by atoms with Gasteiger partial charge in [-0.1, -0.05) is 0 Å². The fraction of sp³-hybridized carbons (Fsp3) is 0.727. The van der Waals surface area contributed by atoms with Gasteiger partial charge in [-0.3, -0.25) is 4.98 Å². The van der Waals surface area contributed by atoms with Crippen molar-refractivity contribution in [2.45, 2.75) is 39.3 Å². The Bertz CT molecular complexity index is 272. The maximum Gasteiger partial charge on any atom is 0.0794 e. The van der Waals surface area contributed by atoms with E-state index in [1.807, 2.05) is 18.6 Å². The van der Waals surface area contributed by atoms with E-state index in [-0.39, 0.29) is 5.60 Å². The van der Waals surface area contributed by atoms with Crippen molar-refractivity contribution in [1.29, 1.82) is 0 Å². The van der Waals surface area contributed by atoms with Gasteiger partial charge in [-0.05, 0) is 27.7 Å². The lowest BCUT2D eigenvalue weighted by atomic mass is 10.1. The standard InChI is InChI=1S/C11H20N2OS/c1-5-14-11(3,4)7-13-9(2)10-6-12-8-15-10/h6,8-9,13H,5,7H2,1-4H3. The van der Waals surface area contributed by atoms with Gasteiger partial charge in [0, 0.05) is 30.3 Å². The summed E-state index contributed by atoms with van der Waals surface area (Å²) in [7, 11) is 0. The lowest BCUT2D eigenvalue weighted by molar-refractivity contribution is -0.0102. The van der Waals surface area contributed by atoms with Crippen LogP contribution in [0, 0.1) is 0 Å². The highest BCUT2D eigenvalue weighted by Gasteiger charge is 2.18. The number of hydrogen-bond acceptors (Lipinski definition) is 4. The minimum Gasteiger partial charge on any atom is -0.375 e. The Morgan fingerprint density at radius 1 is 1.60 bits per heavy atom. The molecule has 1 aromatic rings. The fourth-order valence-electron chi connectivity index (χ4n) is 1.38. The van der Waals surface area contributed by atoms with E-state index in [2.05, 4.69) is 31.1 Å². The number of aromatic nitrogens is 1. The van der Waals surface area contributed by atoms with E-state index in [0.29, 0.717) is 6.04 Å². The maximum atomic E-state index is 5.62. The summed E-state index contributed by atoms with van der Waals surface area (Å²) < 4.78 is 5.62. The van der Waals surface area contributed by atoms with E-state index < -0.39 is 0 Å². The van der Waals surface area contributed by atoms with E-state index >= 15 is 0 Å². The van der Waals surface area contributed by atoms with Crippen molar-refractivity contribution in [3.8, 4) is 0 Å². The van der Waals surface area contributed by atoms with Crippen LogP contribution < -0.4 is 5.32 Å². The minimum atomic E-state index is -0.103. The zero-order valence-electron chi connectivity index (χ0n) is 9.91. The smallest absolute Gasteiger partial charge is 0.0794 e. The topological polar surface area (TPSA) is 34.1 Å². The molecule has 0 bridgehead atoms. The van der Waals surface area contributed by atoms with E-state index in [1.54, 1.807) is 11.3 Å². The van der Waals surface area contributed by atoms with Gasteiger partial charge in [0.2, 0.25) is 0 Å². The molecule has 1 rings (SSSR count). The third-order valence-corrected chi connectivity index (χ3v) is 3.21. The van der Waals surface area contributed by atoms with Gasteiger partial charge in [0.15, 0.2) is 0 Å². The zero-order valence-corrected chi connectivity index (χ0v) is 10.7. The third kappa shape index (κ3) is 4.28. The second kappa shape index (κ2) is 5.58. The molecule has 0 amide bonds. The number of ether oxygens (including phenoxy) is 1. The largest absolute Gasteiger partial charge is 0.375 e. The summed E-state index contributed by atoms with van der Waals surface area (Å²) in [5, 5.41) is 3.46. The lowest BCUT2D eigenvalue weighted by Gasteiger charge is -2.26. The van der Waals surface area contributed by atoms with Crippen molar-refractivity contribution in [3.05, 3.63) is 16.6 Å². The number of thiazole rings is 1. The molecule has 1 atom stereocenters. The number of hydrogen-bond donors (Lipinski definition) is 1. The molecule has 0 spiro atoms. The normalized spacial score (nSPS) is 14.1. The Balaban J connectivity index is 2.37. The lowest BCUT2D eigenvalue weighted by Crippen LogP contribution is -2.38. The van der Waals surface area contributed by atoms with Crippen molar-refractivity contribution < 1.29 is 4.74 Å². The second-order valence-corrected chi connectivity index (χ2v) is 5.12. The van der Waals surface area contributed by atoms with Gasteiger partial charge >= 0.3 is 0 Å². The van der Waals surface area contributed by atoms with Gasteiger partial charge in [0.1, 0.15) is 0 Å². The van der Waals surface area contributed by atoms with Crippen LogP contribution in [-0.4, -0.2) is 23.7 Å². The molecule has 15 heavy (non-hydrogen) atoms. The molecule has 0 aliphatic rings. The highest BCUT2D eigenvalue weighted by atomic mass is 32.1. The first-order valence-electron chi connectivity index (χ1n) is 5.31. The Labute approximate surface area is 95.9 Å². The third-order valence-electron chi connectivity index (χ3n) is 2.25. The Morgan fingerprint density at radius 2 is 2.33 bits per heavy atom. The van der Waals surface area contributed by atoms with Crippen LogP contribution in [0.4, 0.5) is 0 Å². The SMILES string of the molecule is CCOC(C)(C)CNC(C)c1cncs1. The van der Waals surface area contributed by atoms with Crippen LogP contribution in [0.25, 0.3) is 0 Å². The molecule has 1 N–H and O–H groups in total. The summed E-state index contributed by atoms with van der Waals surface area (Å²) in [4.78, 5) is 5.34. The molecule has 0 saturated heterocycles. The van der Waals surface area contributed by atoms with Gasteiger partial charge in [-0.15, -0.1) is 11.3 Å². The van der Waals surface area contributed by atoms with Crippen molar-refractivity contribution in [1.82, 2.24) is 10.3 Å². The monoisotopic (exact) mass is 228 g/mol. The molecule has 0 aliphatic heterocycles. The van der Waals surface area contributed by atoms with Crippen LogP contribution in [0.2, 0.25) is 0 Å². The molecule has 86 valence electrons. The molecule has 0 aliphatic carbocycles. The second-order valence-electron chi connectivity index (χ2n) is 4.20. The highest BCUT2D eigenvalue weighted by Crippen LogP contribution is 2.17. The summed E-state index contributed by atoms with van der Waals surface area (Å²) >= 11 is 1.68. The van der Waals surface area contributed by atoms with E-state index in [0.717, 1.165) is 13.2 Å². The maximum absolute atomic E-state index is 5.62. The first-order valence-corrected chi connectivity index (χ1v) is 6.19. The zero-order chi connectivity index (χ0) is 11.3. The summed E-state index contributed by atoms with van der Waals surface area (Å²) in [6.07, 6.45) is 1.91. The average Bonchev–Trinajstić information content (AvgIpc) is 2.67. The predicted molar refractivity (Wildman–Crippen MR) is 64.2 cm³/mol. The first-order chi connectivity index (χ1) is 7.05. The van der Waals surface area contributed by atoms with Crippen LogP contribution in [0.5, 0.6) is 0 Å². The van der Waals surface area contributed by atoms with E-state index in [1.165, 1.54) is 4.88 Å². The fourth-order valence-corrected chi connectivity index (χ4v) is 2.03. The highest BCUT2D eigenvalue weighted by molar-refractivity contribution is 7.09. The van der Waals surface area contributed by atoms with Crippen LogP contribution >= 0.6 is 11.3 Å². The number of nitrogens with one attached hydrogen (secondary N) is 1. The van der Waals surface area contributed by atoms with Gasteiger partial charge < -0.3 is 10.1 Å². The number of rotatable bonds is 6. The quantitative estimate of drug-likeness (QED) is 0.812. The van der Waals surface area contributed by atoms with Crippen LogP contribution in [-0.2, 0) is 4.74 Å². The average molecular weight is 228 g/mol. The predicted octanol–water partition coefficient (Wildman–Crippen LogP) is 2.61. The van der Waals surface area contributed by atoms with Gasteiger partial charge in [0.25, 0.3) is 0 Å². The molecular formula is C11H20N2OS. The molecule has 0 saturated carbocycles. The molecule has 1 unspecified atom stereocenters. The Hall–Kier alpha value is -0.450. The summed E-state index contributed by atoms with van der Waals surface area (Å²) in [6.45, 7) is 9.97. The van der Waals surface area contributed by atoms with Crippen LogP contribution in [0.3, 0.4) is 0 Å². The van der Waals surface area contributed by atoms with E-state index in [9.17, 15) is 0 Å². The van der Waals surface area contributed by atoms with Crippen LogP contribution in [0.15, 0.2) is 11.7 Å². The summed E-state index contributed by atoms with van der Waals surface area (Å²) in [5.74, 6) is 0. The summed E-state index contributed by atoms with van der Waals surface area (Å²) in [5.41, 5.74) is 1.76. The van der Waals surface area contributed by atoms with Gasteiger partial charge in [-0.25, -0.2) is 0 Å². The molecule has 3 nitrogen and oxygen atoms in total. The molecule has 0 fully saturated rings. The molecular weight excluding hydrogens is 208 g/mol. The summed E-state index contributed by atoms with van der Waals surface area (Å²) in [6, 6.07) is 0.345.